The summed E-state index contributed by atoms with van der Waals surface area (Å²) >= 11 is 0. The van der Waals surface area contributed by atoms with Crippen LogP contribution in [0.1, 0.15) is 21.5 Å². The molecule has 2 aromatic rings. The third-order valence-corrected chi connectivity index (χ3v) is 3.21. The second kappa shape index (κ2) is 5.21. The molecule has 1 amide bonds. The Bertz CT molecular complexity index is 684. The van der Waals surface area contributed by atoms with E-state index in [0.29, 0.717) is 11.4 Å². The number of nitrogens with one attached hydrogen (secondary N) is 1. The number of phenols is 1. The highest BCUT2D eigenvalue weighted by Gasteiger charge is 2.15. The first-order valence-corrected chi connectivity index (χ1v) is 6.05. The normalized spacial score (nSPS) is 10.3. The molecule has 0 heterocycles. The number of anilines is 2. The summed E-state index contributed by atoms with van der Waals surface area (Å²) in [4.78, 5) is 12.1. The maximum absolute atomic E-state index is 12.9. The highest BCUT2D eigenvalue weighted by Crippen LogP contribution is 2.27. The highest BCUT2D eigenvalue weighted by molar-refractivity contribution is 6.08. The van der Waals surface area contributed by atoms with Crippen molar-refractivity contribution in [1.82, 2.24) is 0 Å². The van der Waals surface area contributed by atoms with Gasteiger partial charge in [0.1, 0.15) is 11.6 Å². The van der Waals surface area contributed by atoms with E-state index in [-0.39, 0.29) is 5.56 Å². The molecule has 5 heteroatoms. The summed E-state index contributed by atoms with van der Waals surface area (Å²) in [5.74, 6) is -1.56. The molecular formula is C15H15FN2O2. The van der Waals surface area contributed by atoms with Crippen LogP contribution < -0.4 is 11.1 Å². The third-order valence-electron chi connectivity index (χ3n) is 3.21. The first kappa shape index (κ1) is 13.9. The Hall–Kier alpha value is -2.56. The summed E-state index contributed by atoms with van der Waals surface area (Å²) < 4.78 is 12.9. The van der Waals surface area contributed by atoms with Crippen LogP contribution in [0.25, 0.3) is 0 Å². The van der Waals surface area contributed by atoms with Crippen molar-refractivity contribution in [2.45, 2.75) is 13.8 Å². The fourth-order valence-corrected chi connectivity index (χ4v) is 1.88. The third kappa shape index (κ3) is 2.56. The van der Waals surface area contributed by atoms with Gasteiger partial charge in [-0.15, -0.1) is 0 Å². The first-order valence-electron chi connectivity index (χ1n) is 6.05. The average molecular weight is 274 g/mol. The maximum atomic E-state index is 12.9. The van der Waals surface area contributed by atoms with Gasteiger partial charge in [-0.3, -0.25) is 4.79 Å². The van der Waals surface area contributed by atoms with Crippen LogP contribution in [0.4, 0.5) is 15.8 Å². The summed E-state index contributed by atoms with van der Waals surface area (Å²) in [6, 6.07) is 6.78. The van der Waals surface area contributed by atoms with E-state index in [1.54, 1.807) is 6.07 Å². The Labute approximate surface area is 116 Å². The molecule has 0 atom stereocenters. The van der Waals surface area contributed by atoms with E-state index >= 15 is 0 Å². The number of carbonyl (C=O) groups is 1. The van der Waals surface area contributed by atoms with Gasteiger partial charge in [-0.1, -0.05) is 6.07 Å². The van der Waals surface area contributed by atoms with Gasteiger partial charge >= 0.3 is 0 Å². The topological polar surface area (TPSA) is 75.3 Å². The highest BCUT2D eigenvalue weighted by atomic mass is 19.1. The molecule has 0 aliphatic heterocycles. The molecule has 104 valence electrons. The van der Waals surface area contributed by atoms with Crippen molar-refractivity contribution in [3.05, 3.63) is 52.8 Å². The Morgan fingerprint density at radius 3 is 2.60 bits per heavy atom. The van der Waals surface area contributed by atoms with Gasteiger partial charge in [-0.05, 0) is 43.2 Å². The molecule has 2 rings (SSSR count). The van der Waals surface area contributed by atoms with Gasteiger partial charge in [0.25, 0.3) is 5.91 Å². The number of rotatable bonds is 2. The molecule has 0 bridgehead atoms. The van der Waals surface area contributed by atoms with Crippen molar-refractivity contribution in [2.24, 2.45) is 0 Å². The van der Waals surface area contributed by atoms with Crippen LogP contribution in [-0.4, -0.2) is 11.0 Å². The molecule has 4 nitrogen and oxygen atoms in total. The minimum absolute atomic E-state index is 0.00768. The van der Waals surface area contributed by atoms with E-state index in [1.807, 2.05) is 19.9 Å². The lowest BCUT2D eigenvalue weighted by Gasteiger charge is -2.13. The molecule has 0 aromatic heterocycles. The Kier molecular flexibility index (Phi) is 3.61. The molecule has 0 unspecified atom stereocenters. The molecule has 4 N–H and O–H groups in total. The summed E-state index contributed by atoms with van der Waals surface area (Å²) in [5, 5.41) is 12.3. The van der Waals surface area contributed by atoms with Crippen LogP contribution in [0.5, 0.6) is 5.75 Å². The molecule has 0 radical (unpaired) electrons. The number of aromatic hydroxyl groups is 1. The number of hydrogen-bond acceptors (Lipinski definition) is 3. The minimum Gasteiger partial charge on any atom is -0.507 e. The van der Waals surface area contributed by atoms with Crippen LogP contribution in [-0.2, 0) is 0 Å². The van der Waals surface area contributed by atoms with Crippen LogP contribution in [0.15, 0.2) is 30.3 Å². The van der Waals surface area contributed by atoms with Gasteiger partial charge in [0.15, 0.2) is 0 Å². The van der Waals surface area contributed by atoms with Gasteiger partial charge in [-0.25, -0.2) is 4.39 Å². The van der Waals surface area contributed by atoms with E-state index in [1.165, 1.54) is 6.07 Å². The molecule has 0 saturated carbocycles. The van der Waals surface area contributed by atoms with Crippen molar-refractivity contribution in [2.75, 3.05) is 11.1 Å². The number of amides is 1. The van der Waals surface area contributed by atoms with E-state index in [0.717, 1.165) is 23.3 Å². The van der Waals surface area contributed by atoms with Crippen molar-refractivity contribution in [3.63, 3.8) is 0 Å². The molecule has 2 aromatic carbocycles. The van der Waals surface area contributed by atoms with E-state index in [2.05, 4.69) is 5.32 Å². The number of halogens is 1. The molecule has 0 saturated heterocycles. The zero-order valence-electron chi connectivity index (χ0n) is 11.2. The van der Waals surface area contributed by atoms with Crippen molar-refractivity contribution in [1.29, 1.82) is 0 Å². The van der Waals surface area contributed by atoms with E-state index in [4.69, 9.17) is 5.73 Å². The number of nitrogens with two attached hydrogens (primary N) is 1. The van der Waals surface area contributed by atoms with Crippen LogP contribution in [0.2, 0.25) is 0 Å². The summed E-state index contributed by atoms with van der Waals surface area (Å²) in [7, 11) is 0. The number of aryl methyl sites for hydroxylation is 1. The zero-order valence-corrected chi connectivity index (χ0v) is 11.2. The van der Waals surface area contributed by atoms with Crippen LogP contribution >= 0.6 is 0 Å². The Morgan fingerprint density at radius 1 is 1.25 bits per heavy atom. The standard InChI is InChI=1S/C15H15FN2O2/c1-8-3-6-12(17)14(9(8)2)18-15(20)11-5-4-10(16)7-13(11)19/h3-7,19H,17H2,1-2H3,(H,18,20). The zero-order chi connectivity index (χ0) is 14.9. The summed E-state index contributed by atoms with van der Waals surface area (Å²) in [5.41, 5.74) is 8.60. The average Bonchev–Trinajstić information content (AvgIpc) is 2.39. The summed E-state index contributed by atoms with van der Waals surface area (Å²) in [6.45, 7) is 3.74. The Balaban J connectivity index is 2.35. The quantitative estimate of drug-likeness (QED) is 0.737. The van der Waals surface area contributed by atoms with E-state index in [9.17, 15) is 14.3 Å². The lowest BCUT2D eigenvalue weighted by atomic mass is 10.1. The molecular weight excluding hydrogens is 259 g/mol. The number of hydrogen-bond donors (Lipinski definition) is 3. The summed E-state index contributed by atoms with van der Waals surface area (Å²) in [6.07, 6.45) is 0. The molecule has 0 spiro atoms. The van der Waals surface area contributed by atoms with Crippen LogP contribution in [0, 0.1) is 19.7 Å². The minimum atomic E-state index is -0.606. The lowest BCUT2D eigenvalue weighted by molar-refractivity contribution is 0.102. The monoisotopic (exact) mass is 274 g/mol. The number of phenolic OH excluding ortho intramolecular Hbond substituents is 1. The first-order chi connectivity index (χ1) is 9.40. The molecule has 20 heavy (non-hydrogen) atoms. The van der Waals surface area contributed by atoms with Gasteiger partial charge in [0.05, 0.1) is 16.9 Å². The van der Waals surface area contributed by atoms with Gasteiger partial charge in [0, 0.05) is 6.07 Å². The van der Waals surface area contributed by atoms with Gasteiger partial charge < -0.3 is 16.2 Å². The van der Waals surface area contributed by atoms with Crippen molar-refractivity contribution < 1.29 is 14.3 Å². The van der Waals surface area contributed by atoms with Crippen LogP contribution in [0.3, 0.4) is 0 Å². The lowest BCUT2D eigenvalue weighted by Crippen LogP contribution is -2.15. The van der Waals surface area contributed by atoms with Crippen molar-refractivity contribution in [3.8, 4) is 5.75 Å². The second-order valence-electron chi connectivity index (χ2n) is 4.59. The fraction of sp³-hybridized carbons (Fsp3) is 0.133. The molecule has 0 aliphatic carbocycles. The van der Waals surface area contributed by atoms with Crippen molar-refractivity contribution >= 4 is 17.3 Å². The number of nitrogen functional groups attached to an aromatic ring is 1. The Morgan fingerprint density at radius 2 is 1.95 bits per heavy atom. The molecule has 0 fully saturated rings. The fourth-order valence-electron chi connectivity index (χ4n) is 1.88. The maximum Gasteiger partial charge on any atom is 0.259 e. The second-order valence-corrected chi connectivity index (χ2v) is 4.59. The predicted octanol–water partition coefficient (Wildman–Crippen LogP) is 2.98. The van der Waals surface area contributed by atoms with Gasteiger partial charge in [-0.2, -0.15) is 0 Å². The number of carbonyl (C=O) groups excluding carboxylic acids is 1. The molecule has 0 aliphatic rings. The largest absolute Gasteiger partial charge is 0.507 e. The number of benzene rings is 2. The van der Waals surface area contributed by atoms with E-state index < -0.39 is 17.5 Å². The predicted molar refractivity (Wildman–Crippen MR) is 76.3 cm³/mol. The SMILES string of the molecule is Cc1ccc(N)c(NC(=O)c2ccc(F)cc2O)c1C. The smallest absolute Gasteiger partial charge is 0.259 e. The van der Waals surface area contributed by atoms with Gasteiger partial charge in [0.2, 0.25) is 0 Å².